The fourth-order valence-corrected chi connectivity index (χ4v) is 6.33. The third kappa shape index (κ3) is 6.13. The highest BCUT2D eigenvalue weighted by molar-refractivity contribution is 7.88. The van der Waals surface area contributed by atoms with Gasteiger partial charge in [-0.05, 0) is 18.8 Å². The van der Waals surface area contributed by atoms with Crippen molar-refractivity contribution < 1.29 is 26.9 Å². The summed E-state index contributed by atoms with van der Waals surface area (Å²) in [7, 11) is -6.84. The Morgan fingerprint density at radius 3 is 2.37 bits per heavy atom. The number of hydroxylamine groups is 2. The van der Waals surface area contributed by atoms with Crippen molar-refractivity contribution in [2.45, 2.75) is 59.2 Å². The summed E-state index contributed by atoms with van der Waals surface area (Å²) in [5.41, 5.74) is -1.02. The van der Waals surface area contributed by atoms with Gasteiger partial charge in [-0.1, -0.05) is 27.7 Å². The van der Waals surface area contributed by atoms with Crippen molar-refractivity contribution in [2.24, 2.45) is 16.0 Å². The molecule has 0 aromatic rings. The molecule has 176 valence electrons. The Morgan fingerprint density at radius 2 is 1.87 bits per heavy atom. The number of oxime groups is 1. The van der Waals surface area contributed by atoms with Crippen molar-refractivity contribution >= 4 is 26.3 Å². The zero-order valence-electron chi connectivity index (χ0n) is 18.9. The Morgan fingerprint density at radius 1 is 1.27 bits per heavy atom. The van der Waals surface area contributed by atoms with E-state index in [-0.39, 0.29) is 36.7 Å². The molecule has 2 rings (SSSR count). The van der Waals surface area contributed by atoms with Crippen LogP contribution in [0.2, 0.25) is 0 Å². The second-order valence-corrected chi connectivity index (χ2v) is 14.0. The van der Waals surface area contributed by atoms with Crippen LogP contribution in [0, 0.1) is 10.8 Å². The molecular weight excluding hydrogens is 432 g/mol. The van der Waals surface area contributed by atoms with E-state index < -0.39 is 25.5 Å². The van der Waals surface area contributed by atoms with Crippen LogP contribution in [0.1, 0.15) is 41.0 Å². The van der Waals surface area contributed by atoms with Crippen LogP contribution >= 0.6 is 0 Å². The lowest BCUT2D eigenvalue weighted by Gasteiger charge is -2.35. The summed E-state index contributed by atoms with van der Waals surface area (Å²) in [5.74, 6) is 0. The monoisotopic (exact) mass is 468 g/mol. The van der Waals surface area contributed by atoms with Gasteiger partial charge in [0.2, 0.25) is 20.0 Å². The predicted molar refractivity (Wildman–Crippen MR) is 115 cm³/mol. The zero-order chi connectivity index (χ0) is 23.1. The van der Waals surface area contributed by atoms with Gasteiger partial charge in [-0.15, -0.1) is 5.16 Å². The van der Waals surface area contributed by atoms with Gasteiger partial charge in [-0.3, -0.25) is 4.84 Å². The van der Waals surface area contributed by atoms with Crippen LogP contribution in [0.3, 0.4) is 0 Å². The van der Waals surface area contributed by atoms with Crippen LogP contribution in [0.5, 0.6) is 0 Å². The Kier molecular flexibility index (Phi) is 7.32. The minimum atomic E-state index is -3.51. The second kappa shape index (κ2) is 8.62. The molecule has 2 fully saturated rings. The van der Waals surface area contributed by atoms with E-state index in [1.807, 2.05) is 25.8 Å². The Bertz CT molecular complexity index is 856. The number of sulfonamides is 2. The first-order valence-electron chi connectivity index (χ1n) is 10.0. The van der Waals surface area contributed by atoms with E-state index in [1.165, 1.54) is 21.1 Å². The highest BCUT2D eigenvalue weighted by Crippen LogP contribution is 2.40. The Balaban J connectivity index is 2.22. The van der Waals surface area contributed by atoms with Gasteiger partial charge in [-0.2, -0.15) is 13.7 Å². The molecule has 3 atom stereocenters. The quantitative estimate of drug-likeness (QED) is 0.333. The Labute approximate surface area is 180 Å². The van der Waals surface area contributed by atoms with Crippen molar-refractivity contribution in [3.8, 4) is 0 Å². The second-order valence-electron chi connectivity index (χ2n) is 10.0. The van der Waals surface area contributed by atoms with E-state index in [0.29, 0.717) is 19.5 Å². The van der Waals surface area contributed by atoms with Gasteiger partial charge in [0.1, 0.15) is 0 Å². The normalized spacial score (nSPS) is 29.4. The van der Waals surface area contributed by atoms with Crippen LogP contribution < -0.4 is 0 Å². The number of fused-ring (bicyclic) bond motifs is 1. The van der Waals surface area contributed by atoms with Gasteiger partial charge < -0.3 is 5.21 Å². The molecule has 2 aliphatic rings. The molecule has 0 spiro atoms. The van der Waals surface area contributed by atoms with Crippen molar-refractivity contribution in [2.75, 3.05) is 38.7 Å². The third-order valence-corrected chi connectivity index (χ3v) is 8.22. The predicted octanol–water partition coefficient (Wildman–Crippen LogP) is 0.799. The SMILES string of the molecule is CC1CN(S(C)(=O)=O)CC(C)(C)C2CC(CN(CC(C)(C)C=NO)S(C)(=O)=O)ON12. The maximum atomic E-state index is 12.4. The van der Waals surface area contributed by atoms with Crippen molar-refractivity contribution in [3.63, 3.8) is 0 Å². The molecule has 30 heavy (non-hydrogen) atoms. The van der Waals surface area contributed by atoms with Crippen LogP contribution in [0.15, 0.2) is 5.16 Å². The lowest BCUT2D eigenvalue weighted by Crippen LogP contribution is -2.44. The van der Waals surface area contributed by atoms with Gasteiger partial charge in [0.05, 0.1) is 24.8 Å². The number of nitrogens with zero attached hydrogens (tertiary/aromatic N) is 4. The molecule has 0 amide bonds. The van der Waals surface area contributed by atoms with E-state index in [9.17, 15) is 16.8 Å². The molecule has 10 nitrogen and oxygen atoms in total. The van der Waals surface area contributed by atoms with Gasteiger partial charge in [0.25, 0.3) is 0 Å². The summed E-state index contributed by atoms with van der Waals surface area (Å²) in [6.45, 7) is 10.6. The molecular formula is C18H36N4O6S2. The average Bonchev–Trinajstić information content (AvgIpc) is 2.92. The van der Waals surface area contributed by atoms with Gasteiger partial charge in [0.15, 0.2) is 0 Å². The van der Waals surface area contributed by atoms with E-state index in [0.717, 1.165) is 6.26 Å². The van der Waals surface area contributed by atoms with Gasteiger partial charge >= 0.3 is 0 Å². The summed E-state index contributed by atoms with van der Waals surface area (Å²) in [4.78, 5) is 6.18. The van der Waals surface area contributed by atoms with E-state index in [1.54, 1.807) is 13.8 Å². The molecule has 0 aliphatic carbocycles. The lowest BCUT2D eigenvalue weighted by atomic mass is 9.82. The van der Waals surface area contributed by atoms with Gasteiger partial charge in [-0.25, -0.2) is 16.8 Å². The summed E-state index contributed by atoms with van der Waals surface area (Å²) >= 11 is 0. The van der Waals surface area contributed by atoms with Crippen LogP contribution in [-0.2, 0) is 24.9 Å². The molecule has 1 N–H and O–H groups in total. The highest BCUT2D eigenvalue weighted by Gasteiger charge is 2.49. The number of hydrogen-bond acceptors (Lipinski definition) is 8. The average molecular weight is 469 g/mol. The summed E-state index contributed by atoms with van der Waals surface area (Å²) in [6.07, 6.45) is 3.94. The van der Waals surface area contributed by atoms with Crippen molar-refractivity contribution in [1.82, 2.24) is 13.7 Å². The fourth-order valence-electron chi connectivity index (χ4n) is 4.27. The van der Waals surface area contributed by atoms with Crippen LogP contribution in [0.4, 0.5) is 0 Å². The molecule has 0 bridgehead atoms. The Hall–Kier alpha value is -0.790. The maximum Gasteiger partial charge on any atom is 0.211 e. The summed E-state index contributed by atoms with van der Waals surface area (Å²) < 4.78 is 52.0. The van der Waals surface area contributed by atoms with E-state index in [4.69, 9.17) is 10.0 Å². The van der Waals surface area contributed by atoms with Gasteiger partial charge in [0, 0.05) is 43.7 Å². The topological polar surface area (TPSA) is 120 Å². The molecule has 2 saturated heterocycles. The molecule has 0 radical (unpaired) electrons. The molecule has 2 aliphatic heterocycles. The molecule has 0 aromatic carbocycles. The smallest absolute Gasteiger partial charge is 0.211 e. The number of rotatable bonds is 7. The molecule has 0 aromatic heterocycles. The largest absolute Gasteiger partial charge is 0.411 e. The van der Waals surface area contributed by atoms with Crippen LogP contribution in [-0.4, -0.2) is 98.8 Å². The van der Waals surface area contributed by atoms with Crippen molar-refractivity contribution in [3.05, 3.63) is 0 Å². The number of hydrogen-bond donors (Lipinski definition) is 1. The summed E-state index contributed by atoms with van der Waals surface area (Å²) in [5, 5.41) is 13.8. The summed E-state index contributed by atoms with van der Waals surface area (Å²) in [6, 6.07) is -0.209. The first-order chi connectivity index (χ1) is 13.5. The molecule has 12 heteroatoms. The third-order valence-electron chi connectivity index (χ3n) is 5.79. The van der Waals surface area contributed by atoms with Crippen LogP contribution in [0.25, 0.3) is 0 Å². The zero-order valence-corrected chi connectivity index (χ0v) is 20.6. The van der Waals surface area contributed by atoms with E-state index in [2.05, 4.69) is 5.16 Å². The first-order valence-corrected chi connectivity index (χ1v) is 13.7. The highest BCUT2D eigenvalue weighted by atomic mass is 32.2. The maximum absolute atomic E-state index is 12.4. The lowest BCUT2D eigenvalue weighted by molar-refractivity contribution is -0.194. The minimum Gasteiger partial charge on any atom is -0.411 e. The minimum absolute atomic E-state index is 0.0438. The standard InChI is InChI=1S/C18H36N4O6S2/c1-14-9-20(29(6,24)25)13-18(4,5)16-8-15(28-22(14)16)10-21(30(7,26)27)12-17(2,3)11-19-23/h11,14-16,23H,8-10,12-13H2,1-7H3. The van der Waals surface area contributed by atoms with E-state index >= 15 is 0 Å². The fraction of sp³-hybridized carbons (Fsp3) is 0.944. The molecule has 0 saturated carbocycles. The first kappa shape index (κ1) is 25.5. The van der Waals surface area contributed by atoms with Crippen molar-refractivity contribution in [1.29, 1.82) is 0 Å². The molecule has 2 heterocycles. The molecule has 3 unspecified atom stereocenters.